The first-order valence-electron chi connectivity index (χ1n) is 9.14. The highest BCUT2D eigenvalue weighted by molar-refractivity contribution is 7.26. The van der Waals surface area contributed by atoms with Crippen molar-refractivity contribution in [1.29, 1.82) is 0 Å². The van der Waals surface area contributed by atoms with Crippen LogP contribution in [-0.2, 0) is 19.3 Å². The minimum absolute atomic E-state index is 0.113. The van der Waals surface area contributed by atoms with Gasteiger partial charge >= 0.3 is 0 Å². The van der Waals surface area contributed by atoms with Crippen LogP contribution in [0.4, 0.5) is 5.82 Å². The third-order valence-electron chi connectivity index (χ3n) is 5.10. The molecule has 0 atom stereocenters. The SMILES string of the molecule is CCCCc1nc2sc3c(N(C)CCO)ncnc3c2c2c1CCC2. The first-order chi connectivity index (χ1) is 12.2. The Hall–Kier alpha value is -1.79. The molecule has 0 amide bonds. The second-order valence-corrected chi connectivity index (χ2v) is 7.77. The molecule has 0 fully saturated rings. The molecule has 3 aromatic heterocycles. The second-order valence-electron chi connectivity index (χ2n) is 6.78. The normalized spacial score (nSPS) is 13.7. The lowest BCUT2D eigenvalue weighted by Crippen LogP contribution is -2.22. The van der Waals surface area contributed by atoms with Crippen LogP contribution in [0, 0.1) is 0 Å². The van der Waals surface area contributed by atoms with Gasteiger partial charge in [0, 0.05) is 24.7 Å². The van der Waals surface area contributed by atoms with Crippen LogP contribution in [-0.4, -0.2) is 40.3 Å². The van der Waals surface area contributed by atoms with E-state index in [0.717, 1.165) is 40.1 Å². The van der Waals surface area contributed by atoms with Crippen LogP contribution in [0.3, 0.4) is 0 Å². The maximum atomic E-state index is 9.26. The van der Waals surface area contributed by atoms with Gasteiger partial charge in [-0.15, -0.1) is 11.3 Å². The summed E-state index contributed by atoms with van der Waals surface area (Å²) in [5.41, 5.74) is 5.27. The van der Waals surface area contributed by atoms with E-state index in [1.165, 1.54) is 41.5 Å². The Bertz CT molecular complexity index is 921. The van der Waals surface area contributed by atoms with Crippen molar-refractivity contribution in [1.82, 2.24) is 15.0 Å². The minimum atomic E-state index is 0.113. The average Bonchev–Trinajstić information content (AvgIpc) is 3.23. The number of aliphatic hydroxyl groups excluding tert-OH is 1. The van der Waals surface area contributed by atoms with Gasteiger partial charge in [-0.05, 0) is 43.2 Å². The zero-order chi connectivity index (χ0) is 17.4. The van der Waals surface area contributed by atoms with Crippen LogP contribution in [0.25, 0.3) is 20.4 Å². The monoisotopic (exact) mass is 356 g/mol. The van der Waals surface area contributed by atoms with Gasteiger partial charge in [-0.3, -0.25) is 0 Å². The lowest BCUT2D eigenvalue weighted by atomic mass is 10.0. The summed E-state index contributed by atoms with van der Waals surface area (Å²) in [6.45, 7) is 2.91. The van der Waals surface area contributed by atoms with E-state index in [2.05, 4.69) is 16.9 Å². The maximum Gasteiger partial charge on any atom is 0.149 e. The van der Waals surface area contributed by atoms with Crippen LogP contribution in [0.1, 0.15) is 43.0 Å². The third-order valence-corrected chi connectivity index (χ3v) is 6.17. The van der Waals surface area contributed by atoms with Crippen molar-refractivity contribution in [3.63, 3.8) is 0 Å². The van der Waals surface area contributed by atoms with Crippen molar-refractivity contribution in [3.05, 3.63) is 23.1 Å². The van der Waals surface area contributed by atoms with E-state index in [4.69, 9.17) is 4.98 Å². The summed E-state index contributed by atoms with van der Waals surface area (Å²) in [5.74, 6) is 0.893. The summed E-state index contributed by atoms with van der Waals surface area (Å²) < 4.78 is 1.09. The fourth-order valence-corrected chi connectivity index (χ4v) is 5.07. The van der Waals surface area contributed by atoms with Crippen molar-refractivity contribution in [2.45, 2.75) is 45.4 Å². The average molecular weight is 356 g/mol. The van der Waals surface area contributed by atoms with Crippen molar-refractivity contribution < 1.29 is 5.11 Å². The summed E-state index contributed by atoms with van der Waals surface area (Å²) in [6, 6.07) is 0. The van der Waals surface area contributed by atoms with Crippen LogP contribution in [0.5, 0.6) is 0 Å². The molecule has 5 nitrogen and oxygen atoms in total. The van der Waals surface area contributed by atoms with Crippen molar-refractivity contribution in [2.75, 3.05) is 25.1 Å². The summed E-state index contributed by atoms with van der Waals surface area (Å²) in [4.78, 5) is 17.2. The number of aromatic nitrogens is 3. The number of fused-ring (bicyclic) bond motifs is 5. The van der Waals surface area contributed by atoms with E-state index in [1.807, 2.05) is 11.9 Å². The van der Waals surface area contributed by atoms with E-state index < -0.39 is 0 Å². The fraction of sp³-hybridized carbons (Fsp3) is 0.526. The van der Waals surface area contributed by atoms with Gasteiger partial charge in [0.05, 0.1) is 16.8 Å². The van der Waals surface area contributed by atoms with Crippen LogP contribution in [0.15, 0.2) is 6.33 Å². The van der Waals surface area contributed by atoms with Gasteiger partial charge in [-0.25, -0.2) is 15.0 Å². The Morgan fingerprint density at radius 2 is 2.08 bits per heavy atom. The highest BCUT2D eigenvalue weighted by Crippen LogP contribution is 2.41. The van der Waals surface area contributed by atoms with Crippen LogP contribution < -0.4 is 4.90 Å². The highest BCUT2D eigenvalue weighted by atomic mass is 32.1. The molecule has 0 radical (unpaired) electrons. The van der Waals surface area contributed by atoms with Gasteiger partial charge in [0.1, 0.15) is 17.0 Å². The zero-order valence-corrected chi connectivity index (χ0v) is 15.7. The molecule has 132 valence electrons. The van der Waals surface area contributed by atoms with E-state index in [0.29, 0.717) is 6.54 Å². The largest absolute Gasteiger partial charge is 0.395 e. The molecule has 0 saturated heterocycles. The molecule has 0 saturated carbocycles. The van der Waals surface area contributed by atoms with Gasteiger partial charge in [0.25, 0.3) is 0 Å². The van der Waals surface area contributed by atoms with Gasteiger partial charge in [0.15, 0.2) is 0 Å². The number of thiophene rings is 1. The number of pyridine rings is 1. The number of unbranched alkanes of at least 4 members (excludes halogenated alkanes) is 1. The molecule has 4 rings (SSSR count). The fourth-order valence-electron chi connectivity index (χ4n) is 3.84. The summed E-state index contributed by atoms with van der Waals surface area (Å²) in [5, 5.41) is 10.5. The van der Waals surface area contributed by atoms with Crippen molar-refractivity contribution in [3.8, 4) is 0 Å². The van der Waals surface area contributed by atoms with Gasteiger partial charge in [-0.2, -0.15) is 0 Å². The summed E-state index contributed by atoms with van der Waals surface area (Å²) >= 11 is 1.70. The van der Waals surface area contributed by atoms with Crippen molar-refractivity contribution >= 4 is 37.6 Å². The predicted molar refractivity (Wildman–Crippen MR) is 104 cm³/mol. The number of aryl methyl sites for hydroxylation is 2. The molecule has 0 aliphatic heterocycles. The minimum Gasteiger partial charge on any atom is -0.395 e. The molecular formula is C19H24N4OS. The molecule has 0 spiro atoms. The molecule has 1 N–H and O–H groups in total. The Morgan fingerprint density at radius 3 is 2.88 bits per heavy atom. The number of nitrogens with zero attached hydrogens (tertiary/aromatic N) is 4. The topological polar surface area (TPSA) is 62.1 Å². The smallest absolute Gasteiger partial charge is 0.149 e. The number of likely N-dealkylation sites (N-methyl/N-ethyl adjacent to an activating group) is 1. The van der Waals surface area contributed by atoms with E-state index >= 15 is 0 Å². The van der Waals surface area contributed by atoms with Gasteiger partial charge in [0.2, 0.25) is 0 Å². The van der Waals surface area contributed by atoms with E-state index in [-0.39, 0.29) is 6.61 Å². The summed E-state index contributed by atoms with van der Waals surface area (Å²) in [7, 11) is 1.97. The Kier molecular flexibility index (Phi) is 4.56. The molecule has 1 aliphatic rings. The number of rotatable bonds is 6. The zero-order valence-electron chi connectivity index (χ0n) is 14.9. The van der Waals surface area contributed by atoms with Gasteiger partial charge in [-0.1, -0.05) is 13.3 Å². The lowest BCUT2D eigenvalue weighted by Gasteiger charge is -2.16. The number of aliphatic hydroxyl groups is 1. The van der Waals surface area contributed by atoms with Crippen molar-refractivity contribution in [2.24, 2.45) is 0 Å². The quantitative estimate of drug-likeness (QED) is 0.732. The Morgan fingerprint density at radius 1 is 1.24 bits per heavy atom. The molecule has 6 heteroatoms. The maximum absolute atomic E-state index is 9.26. The Labute approximate surface area is 151 Å². The molecule has 0 aromatic carbocycles. The van der Waals surface area contributed by atoms with Gasteiger partial charge < -0.3 is 10.0 Å². The first kappa shape index (κ1) is 16.7. The number of anilines is 1. The molecule has 0 unspecified atom stereocenters. The summed E-state index contributed by atoms with van der Waals surface area (Å²) in [6.07, 6.45) is 8.61. The highest BCUT2D eigenvalue weighted by Gasteiger charge is 2.24. The lowest BCUT2D eigenvalue weighted by molar-refractivity contribution is 0.304. The Balaban J connectivity index is 1.95. The molecule has 3 heterocycles. The molecule has 3 aromatic rings. The molecule has 1 aliphatic carbocycles. The molecule has 0 bridgehead atoms. The number of hydrogen-bond acceptors (Lipinski definition) is 6. The first-order valence-corrected chi connectivity index (χ1v) is 9.96. The van der Waals surface area contributed by atoms with Crippen LogP contribution >= 0.6 is 11.3 Å². The number of hydrogen-bond donors (Lipinski definition) is 1. The van der Waals surface area contributed by atoms with Crippen LogP contribution in [0.2, 0.25) is 0 Å². The third kappa shape index (κ3) is 2.77. The molecular weight excluding hydrogens is 332 g/mol. The van der Waals surface area contributed by atoms with E-state index in [9.17, 15) is 5.11 Å². The molecule has 25 heavy (non-hydrogen) atoms. The predicted octanol–water partition coefficient (Wildman–Crippen LogP) is 3.50. The van der Waals surface area contributed by atoms with E-state index in [1.54, 1.807) is 17.7 Å². The second kappa shape index (κ2) is 6.84. The standard InChI is InChI=1S/C19H24N4OS/c1-3-4-8-14-12-6-5-7-13(12)15-16-17(25-19(15)22-14)18(21-11-20-16)23(2)9-10-24/h11,24H,3-10H2,1-2H3.